The van der Waals surface area contributed by atoms with E-state index in [9.17, 15) is 4.79 Å². The van der Waals surface area contributed by atoms with Gasteiger partial charge in [0.25, 0.3) is 5.56 Å². The molecule has 0 aliphatic heterocycles. The third-order valence-corrected chi connectivity index (χ3v) is 4.50. The second-order valence-corrected chi connectivity index (χ2v) is 6.82. The smallest absolute Gasteiger partial charge is 0.291 e. The van der Waals surface area contributed by atoms with Crippen LogP contribution in [0, 0.1) is 5.92 Å². The van der Waals surface area contributed by atoms with E-state index in [1.165, 1.54) is 19.3 Å². The second-order valence-electron chi connectivity index (χ2n) is 5.97. The molecule has 0 atom stereocenters. The van der Waals surface area contributed by atoms with Gasteiger partial charge in [0.1, 0.15) is 5.69 Å². The normalized spacial score (nSPS) is 16.0. The highest BCUT2D eigenvalue weighted by atomic mass is 79.9. The fourth-order valence-corrected chi connectivity index (χ4v) is 2.45. The van der Waals surface area contributed by atoms with Gasteiger partial charge in [0.2, 0.25) is 0 Å². The van der Waals surface area contributed by atoms with Crippen LogP contribution in [-0.2, 0) is 11.3 Å². The van der Waals surface area contributed by atoms with Gasteiger partial charge in [0.15, 0.2) is 0 Å². The Morgan fingerprint density at radius 2 is 2.25 bits per heavy atom. The van der Waals surface area contributed by atoms with Crippen molar-refractivity contribution >= 4 is 21.6 Å². The maximum Gasteiger partial charge on any atom is 0.291 e. The second kappa shape index (κ2) is 6.26. The summed E-state index contributed by atoms with van der Waals surface area (Å²) in [7, 11) is 1.66. The summed E-state index contributed by atoms with van der Waals surface area (Å²) in [5, 5.41) is 7.39. The molecule has 1 fully saturated rings. The molecule has 5 nitrogen and oxygen atoms in total. The first-order chi connectivity index (χ1) is 9.43. The third-order valence-electron chi connectivity index (χ3n) is 3.90. The van der Waals surface area contributed by atoms with Crippen molar-refractivity contribution in [2.75, 3.05) is 19.0 Å². The van der Waals surface area contributed by atoms with E-state index in [-0.39, 0.29) is 11.2 Å². The minimum Gasteiger partial charge on any atom is -0.377 e. The molecular formula is C14H22BrN3O2. The fourth-order valence-electron chi connectivity index (χ4n) is 2.05. The Morgan fingerprint density at radius 3 is 2.80 bits per heavy atom. The Labute approximate surface area is 127 Å². The number of hydrogen-bond donors (Lipinski definition) is 1. The number of halogens is 1. The summed E-state index contributed by atoms with van der Waals surface area (Å²) in [5.74, 6) is 0.602. The molecule has 0 radical (unpaired) electrons. The van der Waals surface area contributed by atoms with Gasteiger partial charge >= 0.3 is 0 Å². The molecule has 112 valence electrons. The van der Waals surface area contributed by atoms with Crippen LogP contribution in [0.15, 0.2) is 15.5 Å². The minimum absolute atomic E-state index is 0.0711. The monoisotopic (exact) mass is 343 g/mol. The van der Waals surface area contributed by atoms with Crippen molar-refractivity contribution in [3.05, 3.63) is 21.0 Å². The van der Waals surface area contributed by atoms with Gasteiger partial charge in [-0.2, -0.15) is 5.10 Å². The maximum absolute atomic E-state index is 12.4. The number of anilines is 1. The lowest BCUT2D eigenvalue weighted by Gasteiger charge is -2.26. The Bertz CT molecular complexity index is 524. The van der Waals surface area contributed by atoms with Gasteiger partial charge in [-0.15, -0.1) is 0 Å². The topological polar surface area (TPSA) is 56.1 Å². The van der Waals surface area contributed by atoms with Gasteiger partial charge in [-0.05, 0) is 48.5 Å². The average molecular weight is 344 g/mol. The molecule has 1 aromatic rings. The van der Waals surface area contributed by atoms with Gasteiger partial charge < -0.3 is 10.1 Å². The number of aromatic nitrogens is 2. The molecule has 0 spiro atoms. The highest BCUT2D eigenvalue weighted by Gasteiger charge is 2.21. The molecule has 0 unspecified atom stereocenters. The summed E-state index contributed by atoms with van der Waals surface area (Å²) in [6.45, 7) is 5.23. The van der Waals surface area contributed by atoms with E-state index < -0.39 is 0 Å². The van der Waals surface area contributed by atoms with E-state index in [1.807, 2.05) is 13.8 Å². The number of ether oxygens (including phenoxy) is 1. The zero-order valence-corrected chi connectivity index (χ0v) is 13.9. The molecule has 6 heteroatoms. The van der Waals surface area contributed by atoms with Crippen LogP contribution in [0.1, 0.15) is 33.1 Å². The van der Waals surface area contributed by atoms with Crippen molar-refractivity contribution in [3.8, 4) is 0 Å². The van der Waals surface area contributed by atoms with Crippen LogP contribution < -0.4 is 10.9 Å². The van der Waals surface area contributed by atoms with E-state index in [4.69, 9.17) is 4.74 Å². The number of hydrogen-bond acceptors (Lipinski definition) is 4. The van der Waals surface area contributed by atoms with Crippen molar-refractivity contribution < 1.29 is 4.74 Å². The number of nitrogens with one attached hydrogen (secondary N) is 1. The predicted molar refractivity (Wildman–Crippen MR) is 83.1 cm³/mol. The van der Waals surface area contributed by atoms with E-state index in [0.29, 0.717) is 29.2 Å². The van der Waals surface area contributed by atoms with Crippen molar-refractivity contribution in [2.45, 2.75) is 45.3 Å². The van der Waals surface area contributed by atoms with Crippen LogP contribution in [0.25, 0.3) is 0 Å². The standard InChI is InChI=1S/C14H22BrN3O2/c1-14(2,20-3)9-16-12-11(15)7-17-18(13(12)19)8-10-5-4-6-10/h7,10,16H,4-6,8-9H2,1-3H3. The summed E-state index contributed by atoms with van der Waals surface area (Å²) in [6, 6.07) is 0. The Balaban J connectivity index is 2.14. The zero-order valence-electron chi connectivity index (χ0n) is 12.3. The fraction of sp³-hybridized carbons (Fsp3) is 0.714. The molecule has 20 heavy (non-hydrogen) atoms. The summed E-state index contributed by atoms with van der Waals surface area (Å²) in [5.41, 5.74) is 0.163. The maximum atomic E-state index is 12.4. The van der Waals surface area contributed by atoms with E-state index in [1.54, 1.807) is 18.0 Å². The van der Waals surface area contributed by atoms with Crippen LogP contribution in [-0.4, -0.2) is 29.0 Å². The molecule has 2 rings (SSSR count). The lowest BCUT2D eigenvalue weighted by molar-refractivity contribution is 0.0343. The number of nitrogens with zero attached hydrogens (tertiary/aromatic N) is 2. The molecule has 0 bridgehead atoms. The molecular weight excluding hydrogens is 322 g/mol. The molecule has 0 amide bonds. The largest absolute Gasteiger partial charge is 0.377 e. The lowest BCUT2D eigenvalue weighted by atomic mass is 9.85. The molecule has 0 saturated heterocycles. The Hall–Kier alpha value is -0.880. The molecule has 1 aliphatic rings. The molecule has 1 aromatic heterocycles. The van der Waals surface area contributed by atoms with Gasteiger partial charge in [-0.25, -0.2) is 4.68 Å². The van der Waals surface area contributed by atoms with Gasteiger partial charge in [-0.1, -0.05) is 6.42 Å². The summed E-state index contributed by atoms with van der Waals surface area (Å²) < 4.78 is 7.62. The molecule has 1 heterocycles. The van der Waals surface area contributed by atoms with Crippen LogP contribution in [0.5, 0.6) is 0 Å². The summed E-state index contributed by atoms with van der Waals surface area (Å²) in [6.07, 6.45) is 5.35. The highest BCUT2D eigenvalue weighted by molar-refractivity contribution is 9.10. The zero-order chi connectivity index (χ0) is 14.8. The first-order valence-electron chi connectivity index (χ1n) is 6.97. The van der Waals surface area contributed by atoms with Crippen LogP contribution >= 0.6 is 15.9 Å². The van der Waals surface area contributed by atoms with E-state index in [2.05, 4.69) is 26.3 Å². The van der Waals surface area contributed by atoms with Crippen LogP contribution in [0.3, 0.4) is 0 Å². The first-order valence-corrected chi connectivity index (χ1v) is 7.77. The Morgan fingerprint density at radius 1 is 1.55 bits per heavy atom. The summed E-state index contributed by atoms with van der Waals surface area (Å²) >= 11 is 3.39. The quantitative estimate of drug-likeness (QED) is 0.862. The summed E-state index contributed by atoms with van der Waals surface area (Å²) in [4.78, 5) is 12.4. The molecule has 1 N–H and O–H groups in total. The van der Waals surface area contributed by atoms with Crippen LogP contribution in [0.2, 0.25) is 0 Å². The Kier molecular flexibility index (Phi) is 4.86. The highest BCUT2D eigenvalue weighted by Crippen LogP contribution is 2.27. The van der Waals surface area contributed by atoms with Crippen molar-refractivity contribution in [3.63, 3.8) is 0 Å². The van der Waals surface area contributed by atoms with Gasteiger partial charge in [0.05, 0.1) is 16.3 Å². The number of rotatable bonds is 6. The molecule has 0 aromatic carbocycles. The van der Waals surface area contributed by atoms with Crippen molar-refractivity contribution in [2.24, 2.45) is 5.92 Å². The van der Waals surface area contributed by atoms with E-state index >= 15 is 0 Å². The van der Waals surface area contributed by atoms with Gasteiger partial charge in [-0.3, -0.25) is 4.79 Å². The molecule has 1 saturated carbocycles. The average Bonchev–Trinajstić information content (AvgIpc) is 2.35. The van der Waals surface area contributed by atoms with E-state index in [0.717, 1.165) is 0 Å². The first kappa shape index (κ1) is 15.5. The number of methoxy groups -OCH3 is 1. The lowest BCUT2D eigenvalue weighted by Crippen LogP contribution is -2.36. The minimum atomic E-state index is -0.325. The molecule has 1 aliphatic carbocycles. The van der Waals surface area contributed by atoms with Crippen LogP contribution in [0.4, 0.5) is 5.69 Å². The SMILES string of the molecule is COC(C)(C)CNc1c(Br)cnn(CC2CCC2)c1=O. The van der Waals surface area contributed by atoms with Crippen molar-refractivity contribution in [1.82, 2.24) is 9.78 Å². The predicted octanol–water partition coefficient (Wildman–Crippen LogP) is 2.64. The van der Waals surface area contributed by atoms with Gasteiger partial charge in [0, 0.05) is 20.2 Å². The third kappa shape index (κ3) is 3.61. The van der Waals surface area contributed by atoms with Crippen molar-refractivity contribution in [1.29, 1.82) is 0 Å².